The van der Waals surface area contributed by atoms with E-state index in [4.69, 9.17) is 0 Å². The van der Waals surface area contributed by atoms with E-state index in [0.717, 1.165) is 12.8 Å². The molecule has 0 amide bonds. The van der Waals surface area contributed by atoms with Gasteiger partial charge in [0.1, 0.15) is 0 Å². The third kappa shape index (κ3) is 8.58. The molecule has 5 aromatic rings. The molecule has 31 heavy (non-hydrogen) atoms. The summed E-state index contributed by atoms with van der Waals surface area (Å²) in [6, 6.07) is 33.9. The summed E-state index contributed by atoms with van der Waals surface area (Å²) >= 11 is 0. The van der Waals surface area contributed by atoms with E-state index in [9.17, 15) is 0 Å². The predicted octanol–water partition coefficient (Wildman–Crippen LogP) is 9.51. The summed E-state index contributed by atoms with van der Waals surface area (Å²) < 4.78 is 0. The molecule has 0 atom stereocenters. The third-order valence-electron chi connectivity index (χ3n) is 4.78. The summed E-state index contributed by atoms with van der Waals surface area (Å²) in [5, 5.41) is 8.05. The van der Waals surface area contributed by atoms with Crippen LogP contribution >= 0.6 is 0 Å². The molecule has 0 nitrogen and oxygen atoms in total. The maximum Gasteiger partial charge on any atom is 4.00 e. The van der Waals surface area contributed by atoms with Crippen LogP contribution in [0.3, 0.4) is 0 Å². The summed E-state index contributed by atoms with van der Waals surface area (Å²) in [4.78, 5) is 0. The Hall–Kier alpha value is -1.98. The molecule has 0 radical (unpaired) electrons. The second-order valence-electron chi connectivity index (χ2n) is 7.18. The number of benzene rings is 3. The van der Waals surface area contributed by atoms with Crippen LogP contribution in [0.15, 0.2) is 97.1 Å². The van der Waals surface area contributed by atoms with Crippen LogP contribution in [-0.2, 0) is 26.2 Å². The first-order valence-corrected chi connectivity index (χ1v) is 11.0. The van der Waals surface area contributed by atoms with Crippen LogP contribution in [0.1, 0.15) is 39.5 Å². The summed E-state index contributed by atoms with van der Waals surface area (Å²) in [7, 11) is 0. The SMILES string of the molecule is [CH2-]CCC.[CH2-]CCC.[Zr+4].c1ccc2[cH-]ccc2c1.c1ccc2c(c1)[cH-]c1ccccc12. The average molecular weight is 486 g/mol. The molecule has 1 heteroatoms. The Morgan fingerprint density at radius 2 is 1.03 bits per heavy atom. The molecule has 158 valence electrons. The zero-order valence-electron chi connectivity index (χ0n) is 19.0. The quantitative estimate of drug-likeness (QED) is 0.218. The number of hydrogen-bond donors (Lipinski definition) is 0. The predicted molar refractivity (Wildman–Crippen MR) is 137 cm³/mol. The Bertz CT molecular complexity index is 1010. The van der Waals surface area contributed by atoms with Crippen LogP contribution < -0.4 is 0 Å². The Morgan fingerprint density at radius 1 is 0.613 bits per heavy atom. The summed E-state index contributed by atoms with van der Waals surface area (Å²) in [6.07, 6.45) is 4.56. The summed E-state index contributed by atoms with van der Waals surface area (Å²) in [5.74, 6) is 0. The van der Waals surface area contributed by atoms with Crippen molar-refractivity contribution in [1.29, 1.82) is 0 Å². The Morgan fingerprint density at radius 3 is 1.48 bits per heavy atom. The van der Waals surface area contributed by atoms with Gasteiger partial charge in [-0.15, -0.1) is 69.4 Å². The molecule has 0 bridgehead atoms. The van der Waals surface area contributed by atoms with Crippen molar-refractivity contribution in [2.45, 2.75) is 39.5 Å². The largest absolute Gasteiger partial charge is 4.00 e. The molecule has 0 saturated heterocycles. The van der Waals surface area contributed by atoms with Crippen molar-refractivity contribution in [3.8, 4) is 0 Å². The van der Waals surface area contributed by atoms with Crippen LogP contribution in [0, 0.1) is 13.8 Å². The Kier molecular flexibility index (Phi) is 13.8. The first-order chi connectivity index (χ1) is 14.7. The van der Waals surface area contributed by atoms with Crippen molar-refractivity contribution in [1.82, 2.24) is 0 Å². The fraction of sp³-hybridized carbons (Fsp3) is 0.200. The molecule has 0 fully saturated rings. The minimum absolute atomic E-state index is 0. The second kappa shape index (κ2) is 15.8. The van der Waals surface area contributed by atoms with Crippen molar-refractivity contribution in [2.24, 2.45) is 0 Å². The first kappa shape index (κ1) is 27.1. The molecule has 0 unspecified atom stereocenters. The second-order valence-corrected chi connectivity index (χ2v) is 7.18. The van der Waals surface area contributed by atoms with E-state index in [1.54, 1.807) is 0 Å². The third-order valence-corrected chi connectivity index (χ3v) is 4.78. The maximum atomic E-state index is 3.60. The van der Waals surface area contributed by atoms with Crippen LogP contribution in [0.25, 0.3) is 32.3 Å². The van der Waals surface area contributed by atoms with Crippen LogP contribution in [-0.4, -0.2) is 0 Å². The fourth-order valence-corrected chi connectivity index (χ4v) is 2.97. The van der Waals surface area contributed by atoms with Gasteiger partial charge in [0.05, 0.1) is 0 Å². The minimum Gasteiger partial charge on any atom is -0.343 e. The van der Waals surface area contributed by atoms with Crippen molar-refractivity contribution < 1.29 is 26.2 Å². The molecule has 0 aliphatic carbocycles. The van der Waals surface area contributed by atoms with Crippen LogP contribution in [0.2, 0.25) is 0 Å². The summed E-state index contributed by atoms with van der Waals surface area (Å²) in [6.45, 7) is 11.4. The molecule has 0 spiro atoms. The summed E-state index contributed by atoms with van der Waals surface area (Å²) in [5.41, 5.74) is 0. The topological polar surface area (TPSA) is 0 Å². The molecule has 0 aliphatic heterocycles. The molecule has 0 aliphatic rings. The maximum absolute atomic E-state index is 3.60. The standard InChI is InChI=1S/C13H9.C9H7.2C4H9.Zr/c1-3-7-12-10(5-1)9-11-6-2-4-8-13(11)12;1-2-5-9-7-3-6-8(9)4-1;2*1-3-4-2;/h1-9H;1-7H;2*1,3-4H2,2H3;/q4*-1;+4. The van der Waals surface area contributed by atoms with Crippen molar-refractivity contribution in [2.75, 3.05) is 0 Å². The van der Waals surface area contributed by atoms with Gasteiger partial charge in [-0.1, -0.05) is 69.2 Å². The van der Waals surface area contributed by atoms with Gasteiger partial charge in [-0.05, 0) is 0 Å². The molecular weight excluding hydrogens is 452 g/mol. The van der Waals surface area contributed by atoms with Gasteiger partial charge in [-0.2, -0.15) is 30.4 Å². The Labute approximate surface area is 208 Å². The van der Waals surface area contributed by atoms with E-state index in [0.29, 0.717) is 0 Å². The number of fused-ring (bicyclic) bond motifs is 4. The van der Waals surface area contributed by atoms with Crippen molar-refractivity contribution in [3.63, 3.8) is 0 Å². The van der Waals surface area contributed by atoms with Crippen LogP contribution in [0.5, 0.6) is 0 Å². The van der Waals surface area contributed by atoms with Gasteiger partial charge in [0.15, 0.2) is 0 Å². The monoisotopic (exact) mass is 484 g/mol. The number of rotatable bonds is 2. The number of hydrogen-bond acceptors (Lipinski definition) is 0. The zero-order chi connectivity index (χ0) is 21.6. The average Bonchev–Trinajstić information content (AvgIpc) is 3.44. The molecule has 0 heterocycles. The molecule has 0 saturated carbocycles. The smallest absolute Gasteiger partial charge is 0.343 e. The van der Waals surface area contributed by atoms with E-state index >= 15 is 0 Å². The normalized spacial score (nSPS) is 9.55. The molecular formula is C30H34Zr. The first-order valence-electron chi connectivity index (χ1n) is 11.0. The van der Waals surface area contributed by atoms with E-state index < -0.39 is 0 Å². The van der Waals surface area contributed by atoms with Gasteiger partial charge in [0.2, 0.25) is 0 Å². The van der Waals surface area contributed by atoms with E-state index in [1.165, 1.54) is 45.2 Å². The van der Waals surface area contributed by atoms with Gasteiger partial charge in [0.25, 0.3) is 0 Å². The van der Waals surface area contributed by atoms with Crippen molar-refractivity contribution in [3.05, 3.63) is 111 Å². The Balaban J connectivity index is 0.000000234. The molecule has 0 N–H and O–H groups in total. The van der Waals surface area contributed by atoms with E-state index in [-0.39, 0.29) is 26.2 Å². The van der Waals surface area contributed by atoms with Gasteiger partial charge in [0, 0.05) is 0 Å². The van der Waals surface area contributed by atoms with Crippen molar-refractivity contribution >= 4 is 32.3 Å². The van der Waals surface area contributed by atoms with E-state index in [1.807, 2.05) is 0 Å². The molecule has 0 aromatic heterocycles. The van der Waals surface area contributed by atoms with Crippen LogP contribution in [0.4, 0.5) is 0 Å². The van der Waals surface area contributed by atoms with E-state index in [2.05, 4.69) is 125 Å². The van der Waals surface area contributed by atoms with Gasteiger partial charge < -0.3 is 13.8 Å². The molecule has 5 aromatic carbocycles. The molecule has 5 rings (SSSR count). The van der Waals surface area contributed by atoms with Gasteiger partial charge in [-0.25, -0.2) is 0 Å². The minimum atomic E-state index is 0. The number of unbranched alkanes of at least 4 members (excludes halogenated alkanes) is 2. The zero-order valence-corrected chi connectivity index (χ0v) is 21.4. The van der Waals surface area contributed by atoms with Gasteiger partial charge in [-0.3, -0.25) is 0 Å². The fourth-order valence-electron chi connectivity index (χ4n) is 2.97. The van der Waals surface area contributed by atoms with Gasteiger partial charge >= 0.3 is 26.2 Å².